The minimum absolute atomic E-state index is 0.0579. The first kappa shape index (κ1) is 19.5. The van der Waals surface area contributed by atoms with Gasteiger partial charge < -0.3 is 10.5 Å². The van der Waals surface area contributed by atoms with Crippen molar-refractivity contribution >= 4 is 44.4 Å². The molecule has 152 valence electrons. The molecule has 6 heteroatoms. The minimum Gasteiger partial charge on any atom is -0.497 e. The van der Waals surface area contributed by atoms with Gasteiger partial charge in [-0.15, -0.1) is 22.7 Å². The molecule has 0 aliphatic carbocycles. The van der Waals surface area contributed by atoms with Crippen molar-refractivity contribution in [1.82, 2.24) is 4.98 Å². The number of fused-ring (bicyclic) bond motifs is 1. The van der Waals surface area contributed by atoms with Crippen LogP contribution in [0.3, 0.4) is 0 Å². The largest absolute Gasteiger partial charge is 0.497 e. The first-order chi connectivity index (χ1) is 15.2. The molecule has 4 nitrogen and oxygen atoms in total. The predicted molar refractivity (Wildman–Crippen MR) is 129 cm³/mol. The molecule has 0 bridgehead atoms. The van der Waals surface area contributed by atoms with Crippen molar-refractivity contribution in [2.24, 2.45) is 0 Å². The lowest BCUT2D eigenvalue weighted by Crippen LogP contribution is -1.99. The molecule has 0 radical (unpaired) electrons. The Hall–Kier alpha value is -3.48. The number of benzene rings is 2. The quantitative estimate of drug-likeness (QED) is 0.315. The number of hydrogen-bond acceptors (Lipinski definition) is 6. The van der Waals surface area contributed by atoms with Gasteiger partial charge in [0.15, 0.2) is 0 Å². The fraction of sp³-hybridized carbons (Fsp3) is 0.0400. The number of nitrogens with zero attached hydrogens (tertiary/aromatic N) is 1. The Morgan fingerprint density at radius 1 is 0.968 bits per heavy atom. The number of pyridine rings is 1. The summed E-state index contributed by atoms with van der Waals surface area (Å²) in [6, 6.07) is 23.6. The summed E-state index contributed by atoms with van der Waals surface area (Å²) < 4.78 is 5.31. The van der Waals surface area contributed by atoms with Gasteiger partial charge >= 0.3 is 0 Å². The van der Waals surface area contributed by atoms with Gasteiger partial charge in [0.25, 0.3) is 0 Å². The van der Waals surface area contributed by atoms with Gasteiger partial charge in [-0.2, -0.15) is 0 Å². The number of hydrogen-bond donors (Lipinski definition) is 1. The molecule has 0 amide bonds. The maximum Gasteiger partial charge on any atom is 0.215 e. The zero-order chi connectivity index (χ0) is 21.4. The molecule has 0 saturated heterocycles. The van der Waals surface area contributed by atoms with Crippen molar-refractivity contribution in [2.75, 3.05) is 12.8 Å². The maximum absolute atomic E-state index is 13.1. The van der Waals surface area contributed by atoms with E-state index in [1.807, 2.05) is 78.2 Å². The van der Waals surface area contributed by atoms with E-state index in [1.165, 1.54) is 22.7 Å². The van der Waals surface area contributed by atoms with Gasteiger partial charge in [-0.1, -0.05) is 48.5 Å². The number of nitrogens with two attached hydrogens (primary N) is 1. The van der Waals surface area contributed by atoms with E-state index in [4.69, 9.17) is 15.5 Å². The smallest absolute Gasteiger partial charge is 0.215 e. The van der Waals surface area contributed by atoms with Crippen LogP contribution >= 0.6 is 22.7 Å². The van der Waals surface area contributed by atoms with Gasteiger partial charge in [-0.05, 0) is 40.8 Å². The average Bonchev–Trinajstić information content (AvgIpc) is 3.47. The van der Waals surface area contributed by atoms with Gasteiger partial charge in [0, 0.05) is 10.9 Å². The Labute approximate surface area is 187 Å². The number of carbonyl (C=O) groups excluding carboxylic acids is 1. The highest BCUT2D eigenvalue weighted by atomic mass is 32.1. The average molecular weight is 443 g/mol. The zero-order valence-corrected chi connectivity index (χ0v) is 18.3. The van der Waals surface area contributed by atoms with Crippen LogP contribution in [0.2, 0.25) is 0 Å². The molecule has 5 rings (SSSR count). The van der Waals surface area contributed by atoms with Crippen LogP contribution in [0.4, 0.5) is 5.69 Å². The normalized spacial score (nSPS) is 11.0. The zero-order valence-electron chi connectivity index (χ0n) is 16.7. The third-order valence-corrected chi connectivity index (χ3v) is 7.09. The molecule has 0 saturated carbocycles. The van der Waals surface area contributed by atoms with Crippen LogP contribution in [0.5, 0.6) is 5.75 Å². The molecule has 0 spiro atoms. The van der Waals surface area contributed by atoms with Gasteiger partial charge in [0.1, 0.15) is 15.5 Å². The first-order valence-electron chi connectivity index (χ1n) is 9.67. The number of anilines is 1. The highest BCUT2D eigenvalue weighted by Crippen LogP contribution is 2.42. The van der Waals surface area contributed by atoms with Gasteiger partial charge in [-0.25, -0.2) is 4.98 Å². The van der Waals surface area contributed by atoms with Crippen LogP contribution in [0.15, 0.2) is 78.2 Å². The Balaban J connectivity index is 1.76. The summed E-state index contributed by atoms with van der Waals surface area (Å²) >= 11 is 2.77. The van der Waals surface area contributed by atoms with E-state index < -0.39 is 0 Å². The molecule has 3 aromatic heterocycles. The monoisotopic (exact) mass is 442 g/mol. The molecular formula is C25H18N2O2S2. The summed E-state index contributed by atoms with van der Waals surface area (Å²) in [6.07, 6.45) is 0. The van der Waals surface area contributed by atoms with E-state index in [2.05, 4.69) is 0 Å². The number of ether oxygens (including phenoxy) is 1. The molecule has 3 heterocycles. The van der Waals surface area contributed by atoms with Crippen LogP contribution in [0.25, 0.3) is 32.6 Å². The van der Waals surface area contributed by atoms with Crippen LogP contribution in [-0.2, 0) is 0 Å². The third-order valence-electron chi connectivity index (χ3n) is 5.12. The lowest BCUT2D eigenvalue weighted by molar-refractivity contribution is 0.104. The lowest BCUT2D eigenvalue weighted by Gasteiger charge is -2.09. The summed E-state index contributed by atoms with van der Waals surface area (Å²) in [5, 5.41) is 2.71. The Morgan fingerprint density at radius 2 is 1.74 bits per heavy atom. The van der Waals surface area contributed by atoms with Crippen molar-refractivity contribution in [3.05, 3.63) is 87.9 Å². The van der Waals surface area contributed by atoms with Crippen molar-refractivity contribution in [2.45, 2.75) is 0 Å². The molecule has 2 aromatic carbocycles. The standard InChI is InChI=1S/C25H18N2O2S2/c1-29-17-11-9-15(10-12-17)18-14-19(16-6-3-2-4-7-16)27-25-21(18)22(26)24(31-25)23(28)20-8-5-13-30-20/h2-14H,26H2,1H3. The van der Waals surface area contributed by atoms with Crippen LogP contribution < -0.4 is 10.5 Å². The predicted octanol–water partition coefficient (Wildman–Crippen LogP) is 6.51. The summed E-state index contributed by atoms with van der Waals surface area (Å²) in [5.74, 6) is 0.724. The van der Waals surface area contributed by atoms with E-state index in [9.17, 15) is 4.79 Å². The van der Waals surface area contributed by atoms with Crippen LogP contribution in [0, 0.1) is 0 Å². The highest BCUT2D eigenvalue weighted by molar-refractivity contribution is 7.22. The molecule has 5 aromatic rings. The van der Waals surface area contributed by atoms with Crippen molar-refractivity contribution < 1.29 is 9.53 Å². The summed E-state index contributed by atoms with van der Waals surface area (Å²) in [6.45, 7) is 0. The molecule has 0 atom stereocenters. The Kier molecular flexibility index (Phi) is 5.02. The number of rotatable bonds is 5. The first-order valence-corrected chi connectivity index (χ1v) is 11.4. The molecule has 0 aliphatic rings. The number of methoxy groups -OCH3 is 1. The molecule has 2 N–H and O–H groups in total. The second-order valence-electron chi connectivity index (χ2n) is 6.98. The SMILES string of the molecule is COc1ccc(-c2cc(-c3ccccc3)nc3sc(C(=O)c4cccs4)c(N)c23)cc1. The minimum atomic E-state index is -0.0579. The summed E-state index contributed by atoms with van der Waals surface area (Å²) in [4.78, 5) is 19.9. The second-order valence-corrected chi connectivity index (χ2v) is 8.93. The molecular weight excluding hydrogens is 424 g/mol. The summed E-state index contributed by atoms with van der Waals surface area (Å²) in [5.41, 5.74) is 10.8. The number of aromatic nitrogens is 1. The van der Waals surface area contributed by atoms with Crippen molar-refractivity contribution in [1.29, 1.82) is 0 Å². The van der Waals surface area contributed by atoms with E-state index >= 15 is 0 Å². The topological polar surface area (TPSA) is 65.2 Å². The Morgan fingerprint density at radius 3 is 2.42 bits per heavy atom. The van der Waals surface area contributed by atoms with E-state index in [-0.39, 0.29) is 5.78 Å². The fourth-order valence-electron chi connectivity index (χ4n) is 3.56. The lowest BCUT2D eigenvalue weighted by atomic mass is 9.99. The molecule has 31 heavy (non-hydrogen) atoms. The maximum atomic E-state index is 13.1. The fourth-order valence-corrected chi connectivity index (χ4v) is 5.37. The third kappa shape index (κ3) is 3.50. The van der Waals surface area contributed by atoms with Crippen molar-refractivity contribution in [3.63, 3.8) is 0 Å². The van der Waals surface area contributed by atoms with Crippen LogP contribution in [-0.4, -0.2) is 17.9 Å². The number of carbonyl (C=O) groups is 1. The van der Waals surface area contributed by atoms with Gasteiger partial charge in [0.05, 0.1) is 23.4 Å². The number of ketones is 1. The van der Waals surface area contributed by atoms with E-state index in [0.29, 0.717) is 15.4 Å². The van der Waals surface area contributed by atoms with Gasteiger partial charge in [0.2, 0.25) is 5.78 Å². The molecule has 0 fully saturated rings. The highest BCUT2D eigenvalue weighted by Gasteiger charge is 2.23. The van der Waals surface area contributed by atoms with E-state index in [1.54, 1.807) is 7.11 Å². The molecule has 0 unspecified atom stereocenters. The summed E-state index contributed by atoms with van der Waals surface area (Å²) in [7, 11) is 1.65. The number of thiophene rings is 2. The second kappa shape index (κ2) is 7.98. The number of nitrogen functional groups attached to an aromatic ring is 1. The molecule has 0 aliphatic heterocycles. The van der Waals surface area contributed by atoms with Gasteiger partial charge in [-0.3, -0.25) is 4.79 Å². The van der Waals surface area contributed by atoms with Crippen LogP contribution in [0.1, 0.15) is 14.5 Å². The van der Waals surface area contributed by atoms with E-state index in [0.717, 1.165) is 38.4 Å². The Bertz CT molecular complexity index is 1370. The van der Waals surface area contributed by atoms with Crippen molar-refractivity contribution in [3.8, 4) is 28.1 Å².